The molecule has 2 amide bonds. The quantitative estimate of drug-likeness (QED) is 0.209. The molecule has 52 heavy (non-hydrogen) atoms. The molecule has 288 valence electrons. The van der Waals surface area contributed by atoms with Gasteiger partial charge >= 0.3 is 0 Å². The zero-order valence-electron chi connectivity index (χ0n) is 32.5. The lowest BCUT2D eigenvalue weighted by Gasteiger charge is -2.40. The predicted molar refractivity (Wildman–Crippen MR) is 202 cm³/mol. The highest BCUT2D eigenvalue weighted by atomic mass is 16.5. The lowest BCUT2D eigenvalue weighted by atomic mass is 9.86. The first kappa shape index (κ1) is 41.4. The Morgan fingerprint density at radius 3 is 2.25 bits per heavy atom. The number of nitrogens with zero attached hydrogens (tertiary/aromatic N) is 2. The van der Waals surface area contributed by atoms with Crippen LogP contribution in [0.15, 0.2) is 36.4 Å². The summed E-state index contributed by atoms with van der Waals surface area (Å²) in [6, 6.07) is 10.5. The summed E-state index contributed by atoms with van der Waals surface area (Å²) in [7, 11) is 5.67. The second-order valence-corrected chi connectivity index (χ2v) is 15.8. The van der Waals surface area contributed by atoms with Crippen LogP contribution in [0.2, 0.25) is 0 Å². The van der Waals surface area contributed by atoms with Crippen molar-refractivity contribution in [3.8, 4) is 5.75 Å². The Morgan fingerprint density at radius 2 is 1.67 bits per heavy atom. The van der Waals surface area contributed by atoms with Crippen molar-refractivity contribution in [2.75, 3.05) is 40.9 Å². The topological polar surface area (TPSA) is 152 Å². The molecular weight excluding hydrogens is 662 g/mol. The molecule has 2 saturated heterocycles. The molecule has 2 aromatic rings. The minimum atomic E-state index is -1.50. The molecular formula is C41H61N3O8. The highest BCUT2D eigenvalue weighted by molar-refractivity contribution is 5.93. The number of benzene rings is 2. The number of amides is 2. The number of carbonyl (C=O) groups excluding carboxylic acids is 2. The van der Waals surface area contributed by atoms with Gasteiger partial charge in [0.1, 0.15) is 41.8 Å². The van der Waals surface area contributed by atoms with Crippen molar-refractivity contribution in [3.05, 3.63) is 69.8 Å². The van der Waals surface area contributed by atoms with Gasteiger partial charge < -0.3 is 45.0 Å². The van der Waals surface area contributed by atoms with E-state index in [-0.39, 0.29) is 11.8 Å². The largest absolute Gasteiger partial charge is 0.496 e. The molecule has 0 aliphatic carbocycles. The van der Waals surface area contributed by atoms with Crippen LogP contribution < -0.4 is 10.1 Å². The third-order valence-corrected chi connectivity index (χ3v) is 10.7. The van der Waals surface area contributed by atoms with E-state index in [0.717, 1.165) is 53.5 Å². The van der Waals surface area contributed by atoms with Crippen molar-refractivity contribution in [2.24, 2.45) is 5.41 Å². The molecule has 4 rings (SSSR count). The van der Waals surface area contributed by atoms with Gasteiger partial charge in [0.2, 0.25) is 11.8 Å². The number of aliphatic hydroxyl groups is 4. The van der Waals surface area contributed by atoms with Crippen molar-refractivity contribution >= 4 is 17.9 Å². The summed E-state index contributed by atoms with van der Waals surface area (Å²) in [6.45, 7) is 12.2. The maximum atomic E-state index is 13.5. The SMILES string of the molecule is CCCc1cc(OC)c([C@@H]2O[C@H](CO)[C@H](O)[C@H](O)[C@@H]2O)cc1Cc1ccc(/C=C/C(C)(C)C(=O)NC(C)(C)C(=O)N2CCC(N(C)C)CC2)cc1C. The molecule has 0 aromatic heterocycles. The van der Waals surface area contributed by atoms with Crippen molar-refractivity contribution in [3.63, 3.8) is 0 Å². The summed E-state index contributed by atoms with van der Waals surface area (Å²) >= 11 is 0. The molecule has 0 saturated carbocycles. The van der Waals surface area contributed by atoms with Crippen LogP contribution in [-0.4, -0.2) is 119 Å². The summed E-state index contributed by atoms with van der Waals surface area (Å²) in [4.78, 5) is 31.0. The first-order valence-corrected chi connectivity index (χ1v) is 18.5. The van der Waals surface area contributed by atoms with Gasteiger partial charge in [-0.3, -0.25) is 9.59 Å². The Kier molecular flexibility index (Phi) is 13.7. The van der Waals surface area contributed by atoms with Crippen LogP contribution in [0.5, 0.6) is 5.75 Å². The lowest BCUT2D eigenvalue weighted by molar-refractivity contribution is -0.232. The Hall–Kier alpha value is -3.32. The van der Waals surface area contributed by atoms with E-state index >= 15 is 0 Å². The standard InChI is InChI=1S/C41H61N3O8/c1-10-11-28-23-32(51-9)31(37-36(48)35(47)34(46)33(24-45)52-37)22-29(28)21-27-13-12-26(20-25(27)2)14-17-40(3,4)38(49)42-41(5,6)39(50)44-18-15-30(16-19-44)43(7)8/h12-14,17,20,22-23,30,33-37,45-48H,10-11,15-16,18-19,21,24H2,1-9H3,(H,42,49)/b17-14+/t33-,34+,35+,36+,37+/m1/s1. The molecule has 0 unspecified atom stereocenters. The average Bonchev–Trinajstić information content (AvgIpc) is 3.11. The molecule has 11 heteroatoms. The van der Waals surface area contributed by atoms with Crippen LogP contribution in [0.1, 0.15) is 93.4 Å². The van der Waals surface area contributed by atoms with Crippen LogP contribution >= 0.6 is 0 Å². The normalized spacial score (nSPS) is 23.3. The molecule has 11 nitrogen and oxygen atoms in total. The first-order valence-electron chi connectivity index (χ1n) is 18.5. The van der Waals surface area contributed by atoms with E-state index in [2.05, 4.69) is 43.4 Å². The fourth-order valence-corrected chi connectivity index (χ4v) is 7.20. The molecule has 2 aliphatic rings. The molecule has 0 bridgehead atoms. The molecule has 2 fully saturated rings. The average molecular weight is 724 g/mol. The maximum Gasteiger partial charge on any atom is 0.247 e. The van der Waals surface area contributed by atoms with Crippen LogP contribution in [0.25, 0.3) is 6.08 Å². The number of aryl methyl sites for hydroxylation is 2. The number of carbonyl (C=O) groups is 2. The minimum Gasteiger partial charge on any atom is -0.496 e. The van der Waals surface area contributed by atoms with Crippen molar-refractivity contribution in [2.45, 2.75) is 116 Å². The second-order valence-electron chi connectivity index (χ2n) is 15.8. The molecule has 5 atom stereocenters. The van der Waals surface area contributed by atoms with Gasteiger partial charge in [0, 0.05) is 24.7 Å². The van der Waals surface area contributed by atoms with Crippen molar-refractivity contribution in [1.29, 1.82) is 0 Å². The molecule has 0 radical (unpaired) electrons. The lowest BCUT2D eigenvalue weighted by Crippen LogP contribution is -2.59. The predicted octanol–water partition coefficient (Wildman–Crippen LogP) is 3.55. The number of piperidine rings is 1. The molecule has 5 N–H and O–H groups in total. The van der Waals surface area contributed by atoms with Crippen LogP contribution in [-0.2, 0) is 27.2 Å². The number of likely N-dealkylation sites (tertiary alicyclic amines) is 1. The van der Waals surface area contributed by atoms with E-state index in [9.17, 15) is 30.0 Å². The molecule has 2 aliphatic heterocycles. The monoisotopic (exact) mass is 723 g/mol. The van der Waals surface area contributed by atoms with Crippen molar-refractivity contribution < 1.29 is 39.5 Å². The smallest absolute Gasteiger partial charge is 0.247 e. The number of hydrogen-bond donors (Lipinski definition) is 5. The van der Waals surface area contributed by atoms with E-state index in [1.165, 1.54) is 7.11 Å². The number of nitrogens with one attached hydrogen (secondary N) is 1. The highest BCUT2D eigenvalue weighted by Gasteiger charge is 2.45. The van der Waals surface area contributed by atoms with Gasteiger partial charge in [0.15, 0.2) is 0 Å². The maximum absolute atomic E-state index is 13.5. The van der Waals surface area contributed by atoms with E-state index in [4.69, 9.17) is 9.47 Å². The van der Waals surface area contributed by atoms with E-state index in [1.807, 2.05) is 56.0 Å². The van der Waals surface area contributed by atoms with Gasteiger partial charge in [-0.15, -0.1) is 0 Å². The molecule has 0 spiro atoms. The summed E-state index contributed by atoms with van der Waals surface area (Å²) in [6.07, 6.45) is 1.51. The van der Waals surface area contributed by atoms with Crippen molar-refractivity contribution in [1.82, 2.24) is 15.1 Å². The third-order valence-electron chi connectivity index (χ3n) is 10.7. The van der Waals surface area contributed by atoms with Gasteiger partial charge in [0.25, 0.3) is 0 Å². The van der Waals surface area contributed by atoms with Crippen LogP contribution in [0.3, 0.4) is 0 Å². The Bertz CT molecular complexity index is 1580. The van der Waals surface area contributed by atoms with Gasteiger partial charge in [-0.25, -0.2) is 0 Å². The first-order chi connectivity index (χ1) is 24.4. The summed E-state index contributed by atoms with van der Waals surface area (Å²) in [5.41, 5.74) is 3.81. The third kappa shape index (κ3) is 9.42. The Labute approximate surface area is 309 Å². The number of ether oxygens (including phenoxy) is 2. The Balaban J connectivity index is 1.50. The van der Waals surface area contributed by atoms with Crippen LogP contribution in [0, 0.1) is 12.3 Å². The summed E-state index contributed by atoms with van der Waals surface area (Å²) < 4.78 is 11.6. The zero-order valence-corrected chi connectivity index (χ0v) is 32.5. The molecule has 2 heterocycles. The van der Waals surface area contributed by atoms with Gasteiger partial charge in [-0.05, 0) is 114 Å². The summed E-state index contributed by atoms with van der Waals surface area (Å²) in [5, 5.41) is 44.5. The second kappa shape index (κ2) is 17.2. The number of methoxy groups -OCH3 is 1. The van der Waals surface area contributed by atoms with E-state index < -0.39 is 48.1 Å². The summed E-state index contributed by atoms with van der Waals surface area (Å²) in [5.74, 6) is 0.206. The van der Waals surface area contributed by atoms with Gasteiger partial charge in [0.05, 0.1) is 19.1 Å². The van der Waals surface area contributed by atoms with Crippen LogP contribution in [0.4, 0.5) is 0 Å². The minimum absolute atomic E-state index is 0.0664. The number of hydrogen-bond acceptors (Lipinski definition) is 9. The highest BCUT2D eigenvalue weighted by Crippen LogP contribution is 2.39. The Morgan fingerprint density at radius 1 is 1.00 bits per heavy atom. The molecule has 2 aromatic carbocycles. The van der Waals surface area contributed by atoms with Gasteiger partial charge in [-0.1, -0.05) is 43.7 Å². The van der Waals surface area contributed by atoms with E-state index in [0.29, 0.717) is 36.9 Å². The fourth-order valence-electron chi connectivity index (χ4n) is 7.20. The van der Waals surface area contributed by atoms with Gasteiger partial charge in [-0.2, -0.15) is 0 Å². The van der Waals surface area contributed by atoms with E-state index in [1.54, 1.807) is 13.8 Å². The zero-order chi connectivity index (χ0) is 38.5. The number of aliphatic hydroxyl groups excluding tert-OH is 4. The number of rotatable bonds is 13. The fraction of sp³-hybridized carbons (Fsp3) is 0.610.